The molecule has 0 spiro atoms. The van der Waals surface area contributed by atoms with Crippen LogP contribution in [0.1, 0.15) is 37.8 Å². The number of piperidine rings is 1. The Labute approximate surface area is 190 Å². The molecule has 29 heavy (non-hydrogen) atoms. The maximum atomic E-state index is 13.1. The summed E-state index contributed by atoms with van der Waals surface area (Å²) in [6, 6.07) is 15.9. The minimum Gasteiger partial charge on any atom is -0.284 e. The molecule has 4 rings (SSSR count). The molecule has 2 aromatic carbocycles. The van der Waals surface area contributed by atoms with E-state index in [0.717, 1.165) is 37.2 Å². The van der Waals surface area contributed by atoms with Crippen LogP contribution in [0.3, 0.4) is 0 Å². The van der Waals surface area contributed by atoms with Crippen molar-refractivity contribution in [3.8, 4) is 0 Å². The Balaban J connectivity index is 1.66. The summed E-state index contributed by atoms with van der Waals surface area (Å²) in [4.78, 5) is 13.1. The van der Waals surface area contributed by atoms with E-state index in [9.17, 15) is 4.79 Å². The average Bonchev–Trinajstić information content (AvgIpc) is 3.07. The van der Waals surface area contributed by atoms with Gasteiger partial charge in [-0.15, -0.1) is 0 Å². The SMILES string of the molecule is C[C@H]1C(C(=O)NN2CCCCC2)=NN(c2ccccc2Cl)[C@@H]1c1ccc(I)cc1. The van der Waals surface area contributed by atoms with Crippen LogP contribution in [0.2, 0.25) is 5.02 Å². The lowest BCUT2D eigenvalue weighted by Gasteiger charge is -2.28. The smallest absolute Gasteiger partial charge is 0.282 e. The number of nitrogens with zero attached hydrogens (tertiary/aromatic N) is 3. The van der Waals surface area contributed by atoms with Gasteiger partial charge in [0.05, 0.1) is 16.8 Å². The summed E-state index contributed by atoms with van der Waals surface area (Å²) in [6.45, 7) is 3.85. The van der Waals surface area contributed by atoms with Crippen molar-refractivity contribution in [1.82, 2.24) is 10.4 Å². The van der Waals surface area contributed by atoms with Crippen molar-refractivity contribution < 1.29 is 4.79 Å². The number of hydrazine groups is 1. The standard InChI is InChI=1S/C22H24ClIN4O/c1-15-20(22(29)26-27-13-5-2-6-14-27)25-28(19-8-4-3-7-18(19)23)21(15)16-9-11-17(24)12-10-16/h3-4,7-12,15,21H,2,5-6,13-14H2,1H3,(H,26,29)/t15-,21-/m0/s1. The van der Waals surface area contributed by atoms with E-state index in [2.05, 4.69) is 59.2 Å². The van der Waals surface area contributed by atoms with Gasteiger partial charge in [0.2, 0.25) is 0 Å². The first-order chi connectivity index (χ1) is 14.0. The first kappa shape index (κ1) is 20.6. The Hall–Kier alpha value is -1.64. The van der Waals surface area contributed by atoms with Gasteiger partial charge in [-0.25, -0.2) is 5.01 Å². The van der Waals surface area contributed by atoms with Crippen molar-refractivity contribution >= 4 is 51.5 Å². The Morgan fingerprint density at radius 1 is 1.10 bits per heavy atom. The minimum atomic E-state index is -0.121. The fourth-order valence-corrected chi connectivity index (χ4v) is 4.60. The molecule has 0 saturated carbocycles. The minimum absolute atomic E-state index is 0.0730. The van der Waals surface area contributed by atoms with Gasteiger partial charge in [0.15, 0.2) is 0 Å². The van der Waals surface area contributed by atoms with Crippen LogP contribution in [-0.2, 0) is 4.79 Å². The number of hydrogen-bond donors (Lipinski definition) is 1. The van der Waals surface area contributed by atoms with E-state index in [1.165, 1.54) is 9.99 Å². The number of anilines is 1. The van der Waals surface area contributed by atoms with Gasteiger partial charge in [-0.2, -0.15) is 5.10 Å². The Morgan fingerprint density at radius 2 is 1.79 bits per heavy atom. The van der Waals surface area contributed by atoms with E-state index in [0.29, 0.717) is 10.7 Å². The predicted octanol–water partition coefficient (Wildman–Crippen LogP) is 5.02. The number of carbonyl (C=O) groups excluding carboxylic acids is 1. The highest BCUT2D eigenvalue weighted by atomic mass is 127. The number of amides is 1. The van der Waals surface area contributed by atoms with Gasteiger partial charge in [-0.3, -0.25) is 15.2 Å². The molecule has 2 aromatic rings. The van der Waals surface area contributed by atoms with Crippen molar-refractivity contribution in [3.05, 3.63) is 62.7 Å². The van der Waals surface area contributed by atoms with Gasteiger partial charge in [0, 0.05) is 22.6 Å². The number of hydrogen-bond acceptors (Lipinski definition) is 4. The van der Waals surface area contributed by atoms with Crippen molar-refractivity contribution in [1.29, 1.82) is 0 Å². The molecule has 1 N–H and O–H groups in total. The maximum absolute atomic E-state index is 13.1. The van der Waals surface area contributed by atoms with Crippen LogP contribution < -0.4 is 10.4 Å². The molecule has 1 amide bonds. The molecule has 1 fully saturated rings. The molecule has 152 valence electrons. The lowest BCUT2D eigenvalue weighted by atomic mass is 9.91. The van der Waals surface area contributed by atoms with Gasteiger partial charge in [-0.05, 0) is 65.3 Å². The molecule has 0 bridgehead atoms. The summed E-state index contributed by atoms with van der Waals surface area (Å²) in [5.41, 5.74) is 5.53. The highest BCUT2D eigenvalue weighted by Gasteiger charge is 2.40. The van der Waals surface area contributed by atoms with Crippen molar-refractivity contribution in [2.24, 2.45) is 11.0 Å². The summed E-state index contributed by atoms with van der Waals surface area (Å²) < 4.78 is 1.17. The predicted molar refractivity (Wildman–Crippen MR) is 126 cm³/mol. The summed E-state index contributed by atoms with van der Waals surface area (Å²) in [5.74, 6) is -0.194. The molecule has 1 saturated heterocycles. The highest BCUT2D eigenvalue weighted by Crippen LogP contribution is 2.41. The van der Waals surface area contributed by atoms with E-state index in [1.807, 2.05) is 34.3 Å². The lowest BCUT2D eigenvalue weighted by Crippen LogP contribution is -2.48. The molecular weight excluding hydrogens is 499 g/mol. The topological polar surface area (TPSA) is 47.9 Å². The average molecular weight is 523 g/mol. The Morgan fingerprint density at radius 3 is 2.48 bits per heavy atom. The van der Waals surface area contributed by atoms with Gasteiger partial charge in [0.1, 0.15) is 5.71 Å². The fourth-order valence-electron chi connectivity index (χ4n) is 4.02. The van der Waals surface area contributed by atoms with Crippen molar-refractivity contribution in [2.75, 3.05) is 18.1 Å². The second-order valence-corrected chi connectivity index (χ2v) is 9.21. The Kier molecular flexibility index (Phi) is 6.41. The monoisotopic (exact) mass is 522 g/mol. The number of benzene rings is 2. The van der Waals surface area contributed by atoms with Crippen LogP contribution in [0.5, 0.6) is 0 Å². The maximum Gasteiger partial charge on any atom is 0.282 e. The first-order valence-electron chi connectivity index (χ1n) is 9.98. The first-order valence-corrected chi connectivity index (χ1v) is 11.4. The zero-order chi connectivity index (χ0) is 20.4. The van der Waals surface area contributed by atoms with Crippen LogP contribution in [0.4, 0.5) is 5.69 Å². The summed E-state index contributed by atoms with van der Waals surface area (Å²) in [5, 5.41) is 9.31. The molecule has 2 heterocycles. The third-order valence-electron chi connectivity index (χ3n) is 5.54. The molecule has 2 aliphatic rings. The molecule has 0 radical (unpaired) electrons. The second-order valence-electron chi connectivity index (χ2n) is 7.55. The summed E-state index contributed by atoms with van der Waals surface area (Å²) in [7, 11) is 0. The molecule has 2 aliphatic heterocycles. The number of carbonyl (C=O) groups is 1. The number of halogens is 2. The van der Waals surface area contributed by atoms with E-state index in [4.69, 9.17) is 16.7 Å². The van der Waals surface area contributed by atoms with Crippen LogP contribution >= 0.6 is 34.2 Å². The molecule has 2 atom stereocenters. The number of para-hydroxylation sites is 1. The third-order valence-corrected chi connectivity index (χ3v) is 6.58. The normalized spacial score (nSPS) is 22.4. The Bertz CT molecular complexity index is 911. The van der Waals surface area contributed by atoms with Gasteiger partial charge in [-0.1, -0.05) is 49.2 Å². The second kappa shape index (κ2) is 9.02. The summed E-state index contributed by atoms with van der Waals surface area (Å²) >= 11 is 8.79. The van der Waals surface area contributed by atoms with E-state index < -0.39 is 0 Å². The van der Waals surface area contributed by atoms with Gasteiger partial charge < -0.3 is 0 Å². The number of rotatable bonds is 4. The van der Waals surface area contributed by atoms with Crippen LogP contribution in [-0.4, -0.2) is 29.7 Å². The van der Waals surface area contributed by atoms with Gasteiger partial charge >= 0.3 is 0 Å². The fraction of sp³-hybridized carbons (Fsp3) is 0.364. The largest absolute Gasteiger partial charge is 0.284 e. The summed E-state index contributed by atoms with van der Waals surface area (Å²) in [6.07, 6.45) is 3.44. The van der Waals surface area contributed by atoms with Crippen LogP contribution in [0.25, 0.3) is 0 Å². The molecule has 0 unspecified atom stereocenters. The third kappa shape index (κ3) is 4.44. The van der Waals surface area contributed by atoms with Crippen molar-refractivity contribution in [2.45, 2.75) is 32.2 Å². The highest BCUT2D eigenvalue weighted by molar-refractivity contribution is 14.1. The molecular formula is C22H24ClIN4O. The van der Waals surface area contributed by atoms with Crippen LogP contribution in [0, 0.1) is 9.49 Å². The van der Waals surface area contributed by atoms with Crippen molar-refractivity contribution in [3.63, 3.8) is 0 Å². The quantitative estimate of drug-likeness (QED) is 0.574. The molecule has 7 heteroatoms. The number of hydrazone groups is 1. The molecule has 5 nitrogen and oxygen atoms in total. The lowest BCUT2D eigenvalue weighted by molar-refractivity contribution is -0.120. The number of nitrogens with one attached hydrogen (secondary N) is 1. The van der Waals surface area contributed by atoms with E-state index in [1.54, 1.807) is 0 Å². The van der Waals surface area contributed by atoms with Crippen LogP contribution in [0.15, 0.2) is 53.6 Å². The van der Waals surface area contributed by atoms with E-state index in [-0.39, 0.29) is 17.9 Å². The zero-order valence-corrected chi connectivity index (χ0v) is 19.2. The van der Waals surface area contributed by atoms with Gasteiger partial charge in [0.25, 0.3) is 5.91 Å². The van der Waals surface area contributed by atoms with E-state index >= 15 is 0 Å². The molecule has 0 aromatic heterocycles. The zero-order valence-electron chi connectivity index (χ0n) is 16.3. The molecule has 0 aliphatic carbocycles.